The van der Waals surface area contributed by atoms with E-state index in [2.05, 4.69) is 5.32 Å². The van der Waals surface area contributed by atoms with Crippen LogP contribution in [-0.4, -0.2) is 44.3 Å². The van der Waals surface area contributed by atoms with Crippen molar-refractivity contribution in [3.05, 3.63) is 129 Å². The summed E-state index contributed by atoms with van der Waals surface area (Å²) in [7, 11) is -4.63. The van der Waals surface area contributed by atoms with Gasteiger partial charge in [-0.2, -0.15) is 13.2 Å². The van der Waals surface area contributed by atoms with Gasteiger partial charge in [0.05, 0.1) is 21.2 Å². The number of hydrogen-bond donors (Lipinski definition) is 1. The summed E-state index contributed by atoms with van der Waals surface area (Å²) in [5, 5.41) is 2.68. The topological polar surface area (TPSA) is 86.8 Å². The van der Waals surface area contributed by atoms with E-state index in [1.54, 1.807) is 48.5 Å². The molecule has 0 fully saturated rings. The number of alkyl halides is 3. The molecule has 0 bridgehead atoms. The molecule has 0 spiro atoms. The number of amides is 2. The molecule has 4 aromatic carbocycles. The van der Waals surface area contributed by atoms with E-state index in [4.69, 9.17) is 34.8 Å². The van der Waals surface area contributed by atoms with Gasteiger partial charge in [-0.1, -0.05) is 96.3 Å². The van der Waals surface area contributed by atoms with E-state index in [1.807, 2.05) is 6.92 Å². The SMILES string of the molecule is CCCNC(=O)[C@@H](Cc1ccccc1)N(Cc1ccc(Cl)cc1Cl)C(=O)CN(c1ccc(Cl)c(C(F)(F)F)c1)S(=O)(=O)c1ccccc1. The summed E-state index contributed by atoms with van der Waals surface area (Å²) in [6, 6.07) is 21.8. The molecule has 4 aromatic rings. The molecule has 4 rings (SSSR count). The van der Waals surface area contributed by atoms with Crippen molar-refractivity contribution >= 4 is 62.3 Å². The Morgan fingerprint density at radius 2 is 1.50 bits per heavy atom. The fourth-order valence-electron chi connectivity index (χ4n) is 4.89. The Kier molecular flexibility index (Phi) is 12.4. The molecular weight excluding hydrogens is 710 g/mol. The first-order chi connectivity index (χ1) is 22.7. The predicted molar refractivity (Wildman–Crippen MR) is 182 cm³/mol. The third kappa shape index (κ3) is 9.22. The summed E-state index contributed by atoms with van der Waals surface area (Å²) < 4.78 is 70.4. The standard InChI is InChI=1S/C34H31Cl3F3N3O4S/c1-2-17-41-33(45)31(18-23-9-5-3-6-10-23)42(21-24-13-14-25(35)19-30(24)37)32(44)22-43(48(46,47)27-11-7-4-8-12-27)26-15-16-29(36)28(20-26)34(38,39)40/h3-16,19-20,31H,2,17-18,21-22H2,1H3,(H,41,45)/t31-/m1/s1. The second-order valence-corrected chi connectivity index (χ2v) is 13.9. The van der Waals surface area contributed by atoms with E-state index in [1.165, 1.54) is 35.2 Å². The van der Waals surface area contributed by atoms with Gasteiger partial charge in [0.1, 0.15) is 12.6 Å². The molecule has 14 heteroatoms. The van der Waals surface area contributed by atoms with Crippen LogP contribution in [0.5, 0.6) is 0 Å². The van der Waals surface area contributed by atoms with Crippen molar-refractivity contribution in [2.75, 3.05) is 17.4 Å². The molecule has 0 aromatic heterocycles. The molecule has 0 aliphatic carbocycles. The van der Waals surface area contributed by atoms with Crippen molar-refractivity contribution in [2.45, 2.75) is 43.4 Å². The van der Waals surface area contributed by atoms with E-state index < -0.39 is 56.9 Å². The number of anilines is 1. The fourth-order valence-corrected chi connectivity index (χ4v) is 7.01. The van der Waals surface area contributed by atoms with E-state index in [9.17, 15) is 31.2 Å². The lowest BCUT2D eigenvalue weighted by atomic mass is 10.0. The number of benzene rings is 4. The predicted octanol–water partition coefficient (Wildman–Crippen LogP) is 8.03. The Morgan fingerprint density at radius 1 is 0.854 bits per heavy atom. The molecule has 1 N–H and O–H groups in total. The second kappa shape index (κ2) is 16.1. The average molecular weight is 741 g/mol. The molecule has 2 amide bonds. The maximum atomic E-state index is 14.5. The van der Waals surface area contributed by atoms with Crippen LogP contribution in [-0.2, 0) is 38.8 Å². The molecule has 48 heavy (non-hydrogen) atoms. The van der Waals surface area contributed by atoms with Crippen LogP contribution >= 0.6 is 34.8 Å². The molecule has 0 radical (unpaired) electrons. The first-order valence-electron chi connectivity index (χ1n) is 14.7. The van der Waals surface area contributed by atoms with Crippen molar-refractivity contribution < 1.29 is 31.2 Å². The number of nitrogens with one attached hydrogen (secondary N) is 1. The number of rotatable bonds is 13. The number of carbonyl (C=O) groups is 2. The highest BCUT2D eigenvalue weighted by molar-refractivity contribution is 7.92. The molecule has 254 valence electrons. The lowest BCUT2D eigenvalue weighted by Gasteiger charge is -2.34. The highest BCUT2D eigenvalue weighted by Gasteiger charge is 2.37. The minimum Gasteiger partial charge on any atom is -0.354 e. The Labute approximate surface area is 292 Å². The van der Waals surface area contributed by atoms with Crippen molar-refractivity contribution in [1.82, 2.24) is 10.2 Å². The van der Waals surface area contributed by atoms with Crippen LogP contribution in [0.4, 0.5) is 18.9 Å². The lowest BCUT2D eigenvalue weighted by molar-refractivity contribution is -0.140. The summed E-state index contributed by atoms with van der Waals surface area (Å²) in [4.78, 5) is 29.1. The van der Waals surface area contributed by atoms with Gasteiger partial charge in [-0.3, -0.25) is 13.9 Å². The van der Waals surface area contributed by atoms with Gasteiger partial charge in [-0.05, 0) is 60.0 Å². The Bertz CT molecular complexity index is 1850. The zero-order valence-corrected chi connectivity index (χ0v) is 28.6. The number of halogens is 6. The second-order valence-electron chi connectivity index (χ2n) is 10.7. The third-order valence-corrected chi connectivity index (χ3v) is 10.0. The van der Waals surface area contributed by atoms with Crippen molar-refractivity contribution in [3.63, 3.8) is 0 Å². The van der Waals surface area contributed by atoms with Crippen molar-refractivity contribution in [3.8, 4) is 0 Å². The van der Waals surface area contributed by atoms with Gasteiger partial charge < -0.3 is 10.2 Å². The van der Waals surface area contributed by atoms with Crippen LogP contribution in [0.25, 0.3) is 0 Å². The Morgan fingerprint density at radius 3 is 2.10 bits per heavy atom. The zero-order valence-electron chi connectivity index (χ0n) is 25.6. The normalized spacial score (nSPS) is 12.3. The largest absolute Gasteiger partial charge is 0.417 e. The minimum absolute atomic E-state index is 0.0396. The Hall–Kier alpha value is -3.77. The molecular formula is C34H31Cl3F3N3O4S. The zero-order chi connectivity index (χ0) is 35.1. The van der Waals surface area contributed by atoms with Crippen LogP contribution < -0.4 is 9.62 Å². The van der Waals surface area contributed by atoms with E-state index >= 15 is 0 Å². The molecule has 7 nitrogen and oxygen atoms in total. The summed E-state index contributed by atoms with van der Waals surface area (Å²) in [6.45, 7) is 0.942. The number of carbonyl (C=O) groups excluding carboxylic acids is 2. The fraction of sp³-hybridized carbons (Fsp3) is 0.235. The van der Waals surface area contributed by atoms with Gasteiger partial charge in [0.15, 0.2) is 0 Å². The minimum atomic E-state index is -4.92. The van der Waals surface area contributed by atoms with Gasteiger partial charge >= 0.3 is 6.18 Å². The van der Waals surface area contributed by atoms with Gasteiger partial charge in [0.25, 0.3) is 10.0 Å². The van der Waals surface area contributed by atoms with Gasteiger partial charge in [0, 0.05) is 29.6 Å². The van der Waals surface area contributed by atoms with E-state index in [0.717, 1.165) is 12.1 Å². The van der Waals surface area contributed by atoms with Crippen molar-refractivity contribution in [1.29, 1.82) is 0 Å². The summed E-state index contributed by atoms with van der Waals surface area (Å²) in [5.74, 6) is -1.39. The quantitative estimate of drug-likeness (QED) is 0.151. The third-order valence-electron chi connectivity index (χ3n) is 7.33. The number of hydrogen-bond acceptors (Lipinski definition) is 4. The van der Waals surface area contributed by atoms with Crippen LogP contribution in [0.1, 0.15) is 30.0 Å². The van der Waals surface area contributed by atoms with Crippen LogP contribution in [0, 0.1) is 0 Å². The molecule has 1 atom stereocenters. The maximum Gasteiger partial charge on any atom is 0.417 e. The van der Waals surface area contributed by atoms with Gasteiger partial charge in [-0.25, -0.2) is 8.42 Å². The molecule has 0 aliphatic heterocycles. The van der Waals surface area contributed by atoms with E-state index in [-0.39, 0.29) is 22.9 Å². The van der Waals surface area contributed by atoms with Gasteiger partial charge in [-0.15, -0.1) is 0 Å². The van der Waals surface area contributed by atoms with Crippen LogP contribution in [0.3, 0.4) is 0 Å². The number of sulfonamides is 1. The molecule has 0 unspecified atom stereocenters. The summed E-state index contributed by atoms with van der Waals surface area (Å²) in [6.07, 6.45) is -4.28. The number of nitrogens with zero attached hydrogens (tertiary/aromatic N) is 2. The highest BCUT2D eigenvalue weighted by atomic mass is 35.5. The maximum absolute atomic E-state index is 14.5. The first kappa shape index (κ1) is 37.1. The molecule has 0 saturated heterocycles. The smallest absolute Gasteiger partial charge is 0.354 e. The molecule has 0 aliphatic rings. The van der Waals surface area contributed by atoms with E-state index in [0.29, 0.717) is 39.5 Å². The highest BCUT2D eigenvalue weighted by Crippen LogP contribution is 2.38. The van der Waals surface area contributed by atoms with Gasteiger partial charge in [0.2, 0.25) is 11.8 Å². The average Bonchev–Trinajstić information content (AvgIpc) is 3.05. The lowest BCUT2D eigenvalue weighted by Crippen LogP contribution is -2.53. The summed E-state index contributed by atoms with van der Waals surface area (Å²) in [5.41, 5.74) is -0.633. The summed E-state index contributed by atoms with van der Waals surface area (Å²) >= 11 is 18.4. The molecule has 0 heterocycles. The monoisotopic (exact) mass is 739 g/mol. The first-order valence-corrected chi connectivity index (χ1v) is 17.3. The van der Waals surface area contributed by atoms with Crippen LogP contribution in [0.15, 0.2) is 102 Å². The Balaban J connectivity index is 1.87. The molecule has 0 saturated carbocycles. The van der Waals surface area contributed by atoms with Crippen molar-refractivity contribution in [2.24, 2.45) is 0 Å². The van der Waals surface area contributed by atoms with Crippen LogP contribution in [0.2, 0.25) is 15.1 Å².